The van der Waals surface area contributed by atoms with Crippen LogP contribution in [0.5, 0.6) is 0 Å². The zero-order chi connectivity index (χ0) is 11.4. The first-order chi connectivity index (χ1) is 7.78. The highest BCUT2D eigenvalue weighted by molar-refractivity contribution is 4.90. The Labute approximate surface area is 98.2 Å². The number of terminal acetylenes is 1. The summed E-state index contributed by atoms with van der Waals surface area (Å²) in [5, 5.41) is 12.8. The average Bonchev–Trinajstić information content (AvgIpc) is 2.25. The Morgan fingerprint density at radius 3 is 2.56 bits per heavy atom. The Kier molecular flexibility index (Phi) is 4.22. The van der Waals surface area contributed by atoms with Crippen LogP contribution in [0.3, 0.4) is 0 Å². The molecule has 1 aliphatic carbocycles. The molecule has 90 valence electrons. The highest BCUT2D eigenvalue weighted by Gasteiger charge is 2.27. The third-order valence-electron chi connectivity index (χ3n) is 3.81. The van der Waals surface area contributed by atoms with Gasteiger partial charge in [0.25, 0.3) is 0 Å². The van der Waals surface area contributed by atoms with Gasteiger partial charge in [-0.05, 0) is 38.1 Å². The molecule has 0 radical (unpaired) electrons. The quantitative estimate of drug-likeness (QED) is 0.678. The van der Waals surface area contributed by atoms with Crippen LogP contribution in [-0.2, 0) is 0 Å². The Bertz CT molecular complexity index is 247. The van der Waals surface area contributed by atoms with Crippen molar-refractivity contribution in [3.05, 3.63) is 0 Å². The Hall–Kier alpha value is -0.560. The Balaban J connectivity index is 1.57. The molecule has 1 aliphatic heterocycles. The first-order valence-corrected chi connectivity index (χ1v) is 6.35. The summed E-state index contributed by atoms with van der Waals surface area (Å²) in [4.78, 5) is 2.34. The van der Waals surface area contributed by atoms with E-state index < -0.39 is 0 Å². The van der Waals surface area contributed by atoms with Crippen LogP contribution in [0.2, 0.25) is 0 Å². The van der Waals surface area contributed by atoms with Gasteiger partial charge < -0.3 is 10.4 Å². The van der Waals surface area contributed by atoms with Crippen molar-refractivity contribution >= 4 is 0 Å². The topological polar surface area (TPSA) is 35.5 Å². The number of aliphatic hydroxyl groups is 1. The van der Waals surface area contributed by atoms with Crippen molar-refractivity contribution in [1.82, 2.24) is 10.2 Å². The predicted octanol–water partition coefficient (Wildman–Crippen LogP) is 0.444. The van der Waals surface area contributed by atoms with Crippen molar-refractivity contribution in [3.63, 3.8) is 0 Å². The van der Waals surface area contributed by atoms with Crippen molar-refractivity contribution in [1.29, 1.82) is 0 Å². The van der Waals surface area contributed by atoms with Gasteiger partial charge in [-0.1, -0.05) is 5.92 Å². The fourth-order valence-electron chi connectivity index (χ4n) is 2.62. The maximum Gasteiger partial charge on any atom is 0.0598 e. The second kappa shape index (κ2) is 5.67. The molecular formula is C13H22N2O. The van der Waals surface area contributed by atoms with Gasteiger partial charge >= 0.3 is 0 Å². The summed E-state index contributed by atoms with van der Waals surface area (Å²) in [6, 6.07) is 0.659. The molecular weight excluding hydrogens is 200 g/mol. The minimum Gasteiger partial charge on any atom is -0.393 e. The van der Waals surface area contributed by atoms with Crippen molar-refractivity contribution in [2.24, 2.45) is 5.92 Å². The molecule has 0 aromatic rings. The van der Waals surface area contributed by atoms with Gasteiger partial charge in [-0.3, -0.25) is 4.90 Å². The van der Waals surface area contributed by atoms with Crippen molar-refractivity contribution in [2.45, 2.75) is 37.8 Å². The number of nitrogens with zero attached hydrogens (tertiary/aromatic N) is 1. The van der Waals surface area contributed by atoms with Crippen LogP contribution in [0.1, 0.15) is 25.7 Å². The Morgan fingerprint density at radius 1 is 1.31 bits per heavy atom. The maximum absolute atomic E-state index is 9.20. The number of likely N-dealkylation sites (tertiary alicyclic amines) is 1. The van der Waals surface area contributed by atoms with Crippen LogP contribution in [0.4, 0.5) is 0 Å². The molecule has 0 aromatic carbocycles. The van der Waals surface area contributed by atoms with Gasteiger partial charge in [0.05, 0.1) is 12.6 Å². The van der Waals surface area contributed by atoms with Gasteiger partial charge in [0.15, 0.2) is 0 Å². The molecule has 0 amide bonds. The lowest BCUT2D eigenvalue weighted by molar-refractivity contribution is 0.0406. The Morgan fingerprint density at radius 2 is 2.00 bits per heavy atom. The van der Waals surface area contributed by atoms with Gasteiger partial charge in [-0.2, -0.15) is 0 Å². The molecule has 1 saturated carbocycles. The predicted molar refractivity (Wildman–Crippen MR) is 65.0 cm³/mol. The van der Waals surface area contributed by atoms with Gasteiger partial charge in [-0.25, -0.2) is 0 Å². The summed E-state index contributed by atoms with van der Waals surface area (Å²) in [6.07, 6.45) is 9.66. The third-order valence-corrected chi connectivity index (χ3v) is 3.81. The number of aliphatic hydroxyl groups excluding tert-OH is 1. The van der Waals surface area contributed by atoms with E-state index in [1.807, 2.05) is 0 Å². The van der Waals surface area contributed by atoms with E-state index in [0.717, 1.165) is 39.0 Å². The molecule has 2 N–H and O–H groups in total. The molecule has 2 aliphatic rings. The first kappa shape index (κ1) is 11.9. The van der Waals surface area contributed by atoms with Crippen LogP contribution < -0.4 is 5.32 Å². The number of piperidine rings is 1. The minimum atomic E-state index is -0.0238. The number of nitrogens with one attached hydrogen (secondary N) is 1. The van der Waals surface area contributed by atoms with E-state index in [2.05, 4.69) is 16.1 Å². The molecule has 0 bridgehead atoms. The molecule has 3 heteroatoms. The zero-order valence-electron chi connectivity index (χ0n) is 9.86. The summed E-state index contributed by atoms with van der Waals surface area (Å²) in [5.41, 5.74) is 0. The van der Waals surface area contributed by atoms with Gasteiger partial charge in [0, 0.05) is 19.1 Å². The summed E-state index contributed by atoms with van der Waals surface area (Å²) < 4.78 is 0. The first-order valence-electron chi connectivity index (χ1n) is 6.35. The van der Waals surface area contributed by atoms with Crippen LogP contribution in [0.15, 0.2) is 0 Å². The molecule has 1 heterocycles. The fourth-order valence-corrected chi connectivity index (χ4v) is 2.62. The van der Waals surface area contributed by atoms with Gasteiger partial charge in [0.2, 0.25) is 0 Å². The standard InChI is InChI=1S/C13H22N2O/c1-2-5-15-6-3-12(4-7-15)14-10-11-8-13(16)9-11/h1,11-14,16H,3-10H2. The van der Waals surface area contributed by atoms with Gasteiger partial charge in [-0.15, -0.1) is 6.42 Å². The smallest absolute Gasteiger partial charge is 0.0598 e. The zero-order valence-corrected chi connectivity index (χ0v) is 9.86. The molecule has 16 heavy (non-hydrogen) atoms. The van der Waals surface area contributed by atoms with E-state index in [-0.39, 0.29) is 6.10 Å². The second-order valence-corrected chi connectivity index (χ2v) is 5.15. The van der Waals surface area contributed by atoms with Gasteiger partial charge in [0.1, 0.15) is 0 Å². The van der Waals surface area contributed by atoms with E-state index in [4.69, 9.17) is 6.42 Å². The molecule has 3 nitrogen and oxygen atoms in total. The second-order valence-electron chi connectivity index (χ2n) is 5.15. The van der Waals surface area contributed by atoms with Crippen LogP contribution in [-0.4, -0.2) is 48.3 Å². The number of hydrogen-bond acceptors (Lipinski definition) is 3. The summed E-state index contributed by atoms with van der Waals surface area (Å²) in [5.74, 6) is 3.41. The number of hydrogen-bond donors (Lipinski definition) is 2. The van der Waals surface area contributed by atoms with Crippen molar-refractivity contribution in [2.75, 3.05) is 26.2 Å². The third kappa shape index (κ3) is 3.21. The summed E-state index contributed by atoms with van der Waals surface area (Å²) >= 11 is 0. The average molecular weight is 222 g/mol. The van der Waals surface area contributed by atoms with E-state index in [1.165, 1.54) is 12.8 Å². The highest BCUT2D eigenvalue weighted by Crippen LogP contribution is 2.26. The molecule has 1 saturated heterocycles. The maximum atomic E-state index is 9.20. The molecule has 0 atom stereocenters. The van der Waals surface area contributed by atoms with Crippen molar-refractivity contribution < 1.29 is 5.11 Å². The van der Waals surface area contributed by atoms with E-state index in [1.54, 1.807) is 0 Å². The molecule has 0 aromatic heterocycles. The normalized spacial score (nSPS) is 32.0. The fraction of sp³-hybridized carbons (Fsp3) is 0.846. The minimum absolute atomic E-state index is 0.0238. The number of rotatable bonds is 4. The monoisotopic (exact) mass is 222 g/mol. The lowest BCUT2D eigenvalue weighted by atomic mass is 9.82. The largest absolute Gasteiger partial charge is 0.393 e. The van der Waals surface area contributed by atoms with E-state index in [9.17, 15) is 5.11 Å². The highest BCUT2D eigenvalue weighted by atomic mass is 16.3. The molecule has 0 spiro atoms. The van der Waals surface area contributed by atoms with Crippen LogP contribution in [0, 0.1) is 18.3 Å². The van der Waals surface area contributed by atoms with E-state index >= 15 is 0 Å². The molecule has 2 fully saturated rings. The molecule has 2 rings (SSSR count). The summed E-state index contributed by atoms with van der Waals surface area (Å²) in [7, 11) is 0. The van der Waals surface area contributed by atoms with E-state index in [0.29, 0.717) is 12.0 Å². The van der Waals surface area contributed by atoms with Crippen molar-refractivity contribution in [3.8, 4) is 12.3 Å². The van der Waals surface area contributed by atoms with Crippen LogP contribution in [0.25, 0.3) is 0 Å². The lowest BCUT2D eigenvalue weighted by Gasteiger charge is -2.35. The SMILES string of the molecule is C#CCN1CCC(NCC2CC(O)C2)CC1. The summed E-state index contributed by atoms with van der Waals surface area (Å²) in [6.45, 7) is 4.11. The lowest BCUT2D eigenvalue weighted by Crippen LogP contribution is -2.45. The van der Waals surface area contributed by atoms with Crippen LogP contribution >= 0.6 is 0 Å². The molecule has 0 unspecified atom stereocenters.